The first-order chi connectivity index (χ1) is 25.7. The molecule has 0 radical (unpaired) electrons. The van der Waals surface area contributed by atoms with E-state index in [4.69, 9.17) is 14.2 Å². The van der Waals surface area contributed by atoms with E-state index in [0.29, 0.717) is 6.42 Å². The van der Waals surface area contributed by atoms with Gasteiger partial charge >= 0.3 is 11.7 Å². The number of fused-ring (bicyclic) bond motifs is 1. The fourth-order valence-corrected chi connectivity index (χ4v) is 7.52. The van der Waals surface area contributed by atoms with Gasteiger partial charge in [-0.15, -0.1) is 0 Å². The van der Waals surface area contributed by atoms with Crippen molar-refractivity contribution in [3.63, 3.8) is 0 Å². The number of rotatable bonds is 11. The smallest absolute Gasteiger partial charge is 0.326 e. The molecule has 3 N–H and O–H groups in total. The van der Waals surface area contributed by atoms with Gasteiger partial charge in [0, 0.05) is 51.1 Å². The predicted molar refractivity (Wildman–Crippen MR) is 201 cm³/mol. The van der Waals surface area contributed by atoms with Crippen molar-refractivity contribution < 1.29 is 28.9 Å². The Bertz CT molecular complexity index is 2080. The normalized spacial score (nSPS) is 20.2. The summed E-state index contributed by atoms with van der Waals surface area (Å²) >= 11 is 0. The number of benzene rings is 4. The van der Waals surface area contributed by atoms with Crippen molar-refractivity contribution in [2.45, 2.75) is 76.9 Å². The van der Waals surface area contributed by atoms with Crippen molar-refractivity contribution in [2.24, 2.45) is 0 Å². The number of aromatic amines is 1. The molecule has 5 aromatic rings. The number of carbonyl (C=O) groups excluding carboxylic acids is 2. The summed E-state index contributed by atoms with van der Waals surface area (Å²) in [4.78, 5) is 42.1. The molecule has 7 rings (SSSR count). The van der Waals surface area contributed by atoms with Crippen molar-refractivity contribution in [1.82, 2.24) is 19.8 Å². The fraction of sp³-hybridized carbons (Fsp3) is 0.357. The number of para-hydroxylation sites is 2. The summed E-state index contributed by atoms with van der Waals surface area (Å²) in [6, 6.07) is 31.9. The Morgan fingerprint density at radius 1 is 0.925 bits per heavy atom. The molecule has 2 fully saturated rings. The third-order valence-corrected chi connectivity index (χ3v) is 10.3. The lowest BCUT2D eigenvalue weighted by Crippen LogP contribution is -2.43. The number of nitrogens with zero attached hydrogens (tertiary/aromatic N) is 2. The van der Waals surface area contributed by atoms with Crippen molar-refractivity contribution >= 4 is 22.9 Å². The highest BCUT2D eigenvalue weighted by Gasteiger charge is 2.34. The van der Waals surface area contributed by atoms with Crippen LogP contribution in [0.25, 0.3) is 22.2 Å². The topological polar surface area (TPSA) is 135 Å². The van der Waals surface area contributed by atoms with Crippen molar-refractivity contribution in [2.75, 3.05) is 19.6 Å². The molecule has 2 saturated heterocycles. The van der Waals surface area contributed by atoms with E-state index in [1.165, 1.54) is 6.92 Å². The zero-order chi connectivity index (χ0) is 36.9. The van der Waals surface area contributed by atoms with E-state index < -0.39 is 18.4 Å². The number of carbonyl (C=O) groups is 2. The molecule has 4 atom stereocenters. The Kier molecular flexibility index (Phi) is 11.2. The molecule has 3 heterocycles. The van der Waals surface area contributed by atoms with E-state index in [-0.39, 0.29) is 43.0 Å². The molecule has 2 aliphatic rings. The van der Waals surface area contributed by atoms with Gasteiger partial charge in [0.15, 0.2) is 12.4 Å². The molecule has 0 bridgehead atoms. The van der Waals surface area contributed by atoms with E-state index in [9.17, 15) is 19.5 Å². The standard InChI is InChI=1S/C42H46N4O7/c1-27(51-28(2)48)40(49)43-24-33-7-3-4-8-36(33)30-15-17-32(18-16-30)41-52-35(23-39(53-41)31-13-11-29(26-47)12-14-31)25-45-21-19-34(20-22-45)46-38-10-6-5-9-37(38)44-42(46)50/h3-18,27,34-35,39,41,47H,19-26H2,1-2H3,(H,43,49)(H,44,50)/t27-,35+,39-,41-/m0/s1. The zero-order valence-corrected chi connectivity index (χ0v) is 30.1. The lowest BCUT2D eigenvalue weighted by molar-refractivity contribution is -0.253. The molecule has 53 heavy (non-hydrogen) atoms. The van der Waals surface area contributed by atoms with E-state index in [2.05, 4.69) is 15.2 Å². The van der Waals surface area contributed by atoms with Crippen molar-refractivity contribution in [3.05, 3.63) is 130 Å². The highest BCUT2D eigenvalue weighted by atomic mass is 16.7. The monoisotopic (exact) mass is 718 g/mol. The number of piperidine rings is 1. The van der Waals surface area contributed by atoms with E-state index >= 15 is 0 Å². The molecular weight excluding hydrogens is 672 g/mol. The SMILES string of the molecule is CC(=O)O[C@@H](C)C(=O)NCc1ccccc1-c1ccc([C@H]2O[C@@H](CN3CCC(n4c(=O)[nH]c5ccccc54)CC3)C[C@@H](c3ccc(CO)cc3)O2)cc1. The number of amides is 1. The number of hydrogen-bond acceptors (Lipinski definition) is 8. The minimum Gasteiger partial charge on any atom is -0.453 e. The van der Waals surface area contributed by atoms with E-state index in [1.807, 2.05) is 102 Å². The molecule has 4 aromatic carbocycles. The number of nitrogens with one attached hydrogen (secondary N) is 2. The summed E-state index contributed by atoms with van der Waals surface area (Å²) in [5, 5.41) is 12.5. The molecule has 0 saturated carbocycles. The Balaban J connectivity index is 1.05. The maximum atomic E-state index is 12.9. The van der Waals surface area contributed by atoms with Crippen LogP contribution in [0.2, 0.25) is 0 Å². The van der Waals surface area contributed by atoms with Crippen LogP contribution in [0.4, 0.5) is 0 Å². The molecule has 0 spiro atoms. The summed E-state index contributed by atoms with van der Waals surface area (Å²) in [6.07, 6.45) is 0.665. The van der Waals surface area contributed by atoms with Gasteiger partial charge in [0.25, 0.3) is 5.91 Å². The Morgan fingerprint density at radius 3 is 2.36 bits per heavy atom. The summed E-state index contributed by atoms with van der Waals surface area (Å²) in [6.45, 7) is 5.55. The second kappa shape index (κ2) is 16.3. The first kappa shape index (κ1) is 36.3. The number of likely N-dealkylation sites (tertiary alicyclic amines) is 1. The van der Waals surface area contributed by atoms with Gasteiger partial charge in [-0.05, 0) is 59.7 Å². The Hall–Kier alpha value is -5.07. The summed E-state index contributed by atoms with van der Waals surface area (Å²) in [5.41, 5.74) is 7.43. The molecule has 0 aliphatic carbocycles. The quantitative estimate of drug-likeness (QED) is 0.143. The predicted octanol–water partition coefficient (Wildman–Crippen LogP) is 5.94. The van der Waals surface area contributed by atoms with Gasteiger partial charge in [0.1, 0.15) is 0 Å². The summed E-state index contributed by atoms with van der Waals surface area (Å²) < 4.78 is 20.2. The van der Waals surface area contributed by atoms with E-state index in [1.54, 1.807) is 6.92 Å². The third kappa shape index (κ3) is 8.44. The van der Waals surface area contributed by atoms with Crippen LogP contribution in [0.15, 0.2) is 102 Å². The molecule has 1 aromatic heterocycles. The molecular formula is C42H46N4O7. The third-order valence-electron chi connectivity index (χ3n) is 10.3. The summed E-state index contributed by atoms with van der Waals surface area (Å²) in [5.74, 6) is -0.862. The Labute approximate surface area is 308 Å². The maximum Gasteiger partial charge on any atom is 0.326 e. The van der Waals surface area contributed by atoms with Crippen molar-refractivity contribution in [3.8, 4) is 11.1 Å². The van der Waals surface area contributed by atoms with Crippen LogP contribution < -0.4 is 11.0 Å². The number of aliphatic hydroxyl groups is 1. The Morgan fingerprint density at radius 2 is 1.62 bits per heavy atom. The largest absolute Gasteiger partial charge is 0.453 e. The van der Waals surface area contributed by atoms with Crippen LogP contribution in [0, 0.1) is 0 Å². The molecule has 276 valence electrons. The molecule has 2 aliphatic heterocycles. The molecule has 11 nitrogen and oxygen atoms in total. The number of ether oxygens (including phenoxy) is 3. The lowest BCUT2D eigenvalue weighted by Gasteiger charge is -2.40. The van der Waals surface area contributed by atoms with Crippen LogP contribution in [0.5, 0.6) is 0 Å². The number of imidazole rings is 1. The van der Waals surface area contributed by atoms with E-state index in [0.717, 1.165) is 76.9 Å². The van der Waals surface area contributed by atoms with Gasteiger partial charge in [0.2, 0.25) is 0 Å². The second-order valence-electron chi connectivity index (χ2n) is 13.9. The van der Waals surface area contributed by atoms with Crippen LogP contribution in [0.1, 0.15) is 73.8 Å². The fourth-order valence-electron chi connectivity index (χ4n) is 7.52. The van der Waals surface area contributed by atoms with Gasteiger partial charge < -0.3 is 34.5 Å². The minimum atomic E-state index is -0.877. The average Bonchev–Trinajstić information content (AvgIpc) is 3.52. The number of esters is 1. The van der Waals surface area contributed by atoms with Crippen molar-refractivity contribution in [1.29, 1.82) is 0 Å². The highest BCUT2D eigenvalue weighted by Crippen LogP contribution is 2.39. The molecule has 1 amide bonds. The van der Waals surface area contributed by atoms with Crippen LogP contribution in [-0.4, -0.2) is 63.3 Å². The van der Waals surface area contributed by atoms with Gasteiger partial charge in [-0.2, -0.15) is 0 Å². The van der Waals surface area contributed by atoms with Gasteiger partial charge in [-0.1, -0.05) is 84.9 Å². The zero-order valence-electron chi connectivity index (χ0n) is 30.1. The first-order valence-corrected chi connectivity index (χ1v) is 18.3. The second-order valence-corrected chi connectivity index (χ2v) is 13.9. The van der Waals surface area contributed by atoms with Crippen LogP contribution in [0.3, 0.4) is 0 Å². The summed E-state index contributed by atoms with van der Waals surface area (Å²) in [7, 11) is 0. The lowest BCUT2D eigenvalue weighted by atomic mass is 9.97. The average molecular weight is 719 g/mol. The molecule has 11 heteroatoms. The minimum absolute atomic E-state index is 0.0178. The number of aromatic nitrogens is 2. The van der Waals surface area contributed by atoms with Gasteiger partial charge in [-0.3, -0.25) is 14.2 Å². The van der Waals surface area contributed by atoms with Gasteiger partial charge in [0.05, 0.1) is 29.8 Å². The number of hydrogen-bond donors (Lipinski definition) is 3. The van der Waals surface area contributed by atoms with Gasteiger partial charge in [-0.25, -0.2) is 4.79 Å². The van der Waals surface area contributed by atoms with Crippen LogP contribution in [-0.2, 0) is 37.0 Å². The number of H-pyrrole nitrogens is 1. The maximum absolute atomic E-state index is 12.9. The highest BCUT2D eigenvalue weighted by molar-refractivity contribution is 5.83. The van der Waals surface area contributed by atoms with Crippen LogP contribution >= 0.6 is 0 Å². The number of aliphatic hydroxyl groups excluding tert-OH is 1. The molecule has 0 unspecified atom stereocenters. The first-order valence-electron chi connectivity index (χ1n) is 18.3.